The van der Waals surface area contributed by atoms with Crippen LogP contribution in [0.2, 0.25) is 0 Å². The van der Waals surface area contributed by atoms with Crippen molar-refractivity contribution in [2.24, 2.45) is 0 Å². The smallest absolute Gasteiger partial charge is 0.410 e. The fourth-order valence-electron chi connectivity index (χ4n) is 4.48. The Morgan fingerprint density at radius 3 is 2.54 bits per heavy atom. The van der Waals surface area contributed by atoms with Gasteiger partial charge in [0.15, 0.2) is 0 Å². The van der Waals surface area contributed by atoms with Crippen LogP contribution in [-0.4, -0.2) is 79.5 Å². The van der Waals surface area contributed by atoms with Gasteiger partial charge in [-0.1, -0.05) is 31.1 Å². The molecule has 8 heteroatoms. The quantitative estimate of drug-likeness (QED) is 0.506. The van der Waals surface area contributed by atoms with E-state index >= 15 is 0 Å². The number of nitrogens with zero attached hydrogens (tertiary/aromatic N) is 5. The van der Waals surface area contributed by atoms with E-state index in [1.165, 1.54) is 5.57 Å². The van der Waals surface area contributed by atoms with Crippen molar-refractivity contribution < 1.29 is 14.3 Å². The second-order valence-electron chi connectivity index (χ2n) is 10.3. The average molecular weight is 486 g/mol. The summed E-state index contributed by atoms with van der Waals surface area (Å²) in [5.41, 5.74) is 3.03. The highest BCUT2D eigenvalue weighted by atomic mass is 16.6. The maximum Gasteiger partial charge on any atom is 0.410 e. The van der Waals surface area contributed by atoms with Crippen molar-refractivity contribution in [3.63, 3.8) is 0 Å². The molecule has 3 rings (SSSR count). The number of fused-ring (bicyclic) bond motifs is 1. The lowest BCUT2D eigenvalue weighted by Gasteiger charge is -2.31. The number of ether oxygens (including phenoxy) is 2. The number of amides is 1. The third-order valence-electron chi connectivity index (χ3n) is 6.20. The summed E-state index contributed by atoms with van der Waals surface area (Å²) in [5, 5.41) is 0. The molecule has 1 amide bonds. The molecule has 2 aliphatic rings. The second-order valence-corrected chi connectivity index (χ2v) is 10.3. The Kier molecular flexibility index (Phi) is 9.55. The van der Waals surface area contributed by atoms with Gasteiger partial charge in [0.1, 0.15) is 11.4 Å². The number of likely N-dealkylation sites (N-methyl/N-ethyl adjacent to an activating group) is 1. The molecule has 0 atom stereocenters. The van der Waals surface area contributed by atoms with Crippen molar-refractivity contribution in [1.29, 1.82) is 0 Å². The van der Waals surface area contributed by atoms with Gasteiger partial charge in [-0.15, -0.1) is 6.58 Å². The number of anilines is 2. The van der Waals surface area contributed by atoms with Crippen LogP contribution >= 0.6 is 0 Å². The summed E-state index contributed by atoms with van der Waals surface area (Å²) in [6, 6.07) is 0. The largest absolute Gasteiger partial charge is 0.444 e. The van der Waals surface area contributed by atoms with Crippen LogP contribution in [0.5, 0.6) is 0 Å². The fraction of sp³-hybridized carbons (Fsp3) is 0.667. The highest BCUT2D eigenvalue weighted by molar-refractivity contribution is 5.68. The van der Waals surface area contributed by atoms with Gasteiger partial charge >= 0.3 is 6.09 Å². The predicted octanol–water partition coefficient (Wildman–Crippen LogP) is 4.39. The van der Waals surface area contributed by atoms with Gasteiger partial charge in [-0.25, -0.2) is 9.78 Å². The Hall–Kier alpha value is -2.61. The maximum absolute atomic E-state index is 12.8. The van der Waals surface area contributed by atoms with E-state index in [-0.39, 0.29) is 6.09 Å². The zero-order valence-electron chi connectivity index (χ0n) is 22.3. The molecule has 8 nitrogen and oxygen atoms in total. The Bertz CT molecular complexity index is 903. The Morgan fingerprint density at radius 2 is 1.89 bits per heavy atom. The summed E-state index contributed by atoms with van der Waals surface area (Å²) in [5.74, 6) is 1.72. The summed E-state index contributed by atoms with van der Waals surface area (Å²) in [4.78, 5) is 29.1. The summed E-state index contributed by atoms with van der Waals surface area (Å²) in [6.07, 6.45) is 8.34. The third kappa shape index (κ3) is 7.69. The van der Waals surface area contributed by atoms with E-state index in [4.69, 9.17) is 19.4 Å². The molecule has 1 aromatic heterocycles. The van der Waals surface area contributed by atoms with Crippen LogP contribution in [0, 0.1) is 0 Å². The normalized spacial score (nSPS) is 17.0. The average Bonchev–Trinajstić information content (AvgIpc) is 3.04. The standard InChI is InChI=1S/C27H43N5O3/c1-7-9-11-21(10-8-2)20-30(6)25-28-23-13-15-32(26(33)35-27(3,4)5)14-12-22(23)24(29-25)31-16-18-34-19-17-31/h7,11H,1,8-10,12-20H2,2-6H3/b21-11+. The molecular weight excluding hydrogens is 442 g/mol. The lowest BCUT2D eigenvalue weighted by Crippen LogP contribution is -2.39. The van der Waals surface area contributed by atoms with Crippen molar-refractivity contribution in [2.45, 2.75) is 65.4 Å². The minimum Gasteiger partial charge on any atom is -0.444 e. The number of hydrogen-bond acceptors (Lipinski definition) is 7. The SMILES string of the molecule is C=CC/C=C(\CCC)CN(C)c1nc2c(c(N3CCOCC3)n1)CCN(C(=O)OC(C)(C)C)CC2. The number of carbonyl (C=O) groups is 1. The summed E-state index contributed by atoms with van der Waals surface area (Å²) in [6.45, 7) is 16.7. The van der Waals surface area contributed by atoms with Crippen molar-refractivity contribution in [2.75, 3.05) is 62.8 Å². The number of allylic oxidation sites excluding steroid dienone is 2. The first-order valence-electron chi connectivity index (χ1n) is 12.9. The molecular formula is C27H43N5O3. The maximum atomic E-state index is 12.8. The molecule has 0 aliphatic carbocycles. The van der Waals surface area contributed by atoms with Crippen molar-refractivity contribution in [1.82, 2.24) is 14.9 Å². The van der Waals surface area contributed by atoms with Gasteiger partial charge < -0.3 is 24.2 Å². The highest BCUT2D eigenvalue weighted by Crippen LogP contribution is 2.28. The Morgan fingerprint density at radius 1 is 1.17 bits per heavy atom. The van der Waals surface area contributed by atoms with Crippen LogP contribution in [0.15, 0.2) is 24.3 Å². The molecule has 2 aliphatic heterocycles. The topological polar surface area (TPSA) is 71.0 Å². The number of carbonyl (C=O) groups excluding carboxylic acids is 1. The van der Waals surface area contributed by atoms with Crippen LogP contribution in [-0.2, 0) is 22.3 Å². The molecule has 0 radical (unpaired) electrons. The molecule has 1 aromatic rings. The van der Waals surface area contributed by atoms with E-state index in [0.29, 0.717) is 39.1 Å². The first kappa shape index (κ1) is 27.0. The van der Waals surface area contributed by atoms with Gasteiger partial charge in [0.2, 0.25) is 5.95 Å². The molecule has 194 valence electrons. The second kappa shape index (κ2) is 12.4. The van der Waals surface area contributed by atoms with Crippen LogP contribution < -0.4 is 9.80 Å². The van der Waals surface area contributed by atoms with Crippen LogP contribution in [0.1, 0.15) is 58.2 Å². The van der Waals surface area contributed by atoms with Crippen LogP contribution in [0.3, 0.4) is 0 Å². The van der Waals surface area contributed by atoms with Gasteiger partial charge in [0.25, 0.3) is 0 Å². The lowest BCUT2D eigenvalue weighted by molar-refractivity contribution is 0.0258. The first-order valence-corrected chi connectivity index (χ1v) is 12.9. The van der Waals surface area contributed by atoms with Gasteiger partial charge in [0, 0.05) is 51.8 Å². The summed E-state index contributed by atoms with van der Waals surface area (Å²) in [7, 11) is 2.06. The number of aromatic nitrogens is 2. The molecule has 0 N–H and O–H groups in total. The molecule has 0 bridgehead atoms. The molecule has 1 fully saturated rings. The summed E-state index contributed by atoms with van der Waals surface area (Å²) < 4.78 is 11.2. The highest BCUT2D eigenvalue weighted by Gasteiger charge is 2.28. The lowest BCUT2D eigenvalue weighted by atomic mass is 10.1. The van der Waals surface area contributed by atoms with Crippen molar-refractivity contribution >= 4 is 17.9 Å². The van der Waals surface area contributed by atoms with E-state index < -0.39 is 5.60 Å². The molecule has 35 heavy (non-hydrogen) atoms. The zero-order chi connectivity index (χ0) is 25.4. The molecule has 0 spiro atoms. The first-order chi connectivity index (χ1) is 16.7. The minimum absolute atomic E-state index is 0.264. The van der Waals surface area contributed by atoms with Crippen molar-refractivity contribution in [3.8, 4) is 0 Å². The van der Waals surface area contributed by atoms with Crippen LogP contribution in [0.25, 0.3) is 0 Å². The monoisotopic (exact) mass is 485 g/mol. The van der Waals surface area contributed by atoms with E-state index in [1.54, 1.807) is 4.90 Å². The number of morpholine rings is 1. The molecule has 0 unspecified atom stereocenters. The summed E-state index contributed by atoms with van der Waals surface area (Å²) >= 11 is 0. The van der Waals surface area contributed by atoms with E-state index in [2.05, 4.69) is 36.4 Å². The molecule has 0 aromatic carbocycles. The van der Waals surface area contributed by atoms with Crippen LogP contribution in [0.4, 0.5) is 16.6 Å². The molecule has 0 saturated carbocycles. The molecule has 3 heterocycles. The van der Waals surface area contributed by atoms with Gasteiger partial charge in [-0.2, -0.15) is 4.98 Å². The van der Waals surface area contributed by atoms with Gasteiger partial charge in [-0.3, -0.25) is 0 Å². The minimum atomic E-state index is -0.514. The zero-order valence-corrected chi connectivity index (χ0v) is 22.3. The van der Waals surface area contributed by atoms with Gasteiger partial charge in [-0.05, 0) is 40.0 Å². The Balaban J connectivity index is 1.89. The molecule has 1 saturated heterocycles. The third-order valence-corrected chi connectivity index (χ3v) is 6.20. The van der Waals surface area contributed by atoms with Gasteiger partial charge in [0.05, 0.1) is 18.9 Å². The van der Waals surface area contributed by atoms with E-state index in [9.17, 15) is 4.79 Å². The Labute approximate surface area is 211 Å². The fourth-order valence-corrected chi connectivity index (χ4v) is 4.48. The number of hydrogen-bond donors (Lipinski definition) is 0. The predicted molar refractivity (Wildman–Crippen MR) is 141 cm³/mol. The van der Waals surface area contributed by atoms with E-state index in [1.807, 2.05) is 26.8 Å². The number of rotatable bonds is 8. The van der Waals surface area contributed by atoms with E-state index in [0.717, 1.165) is 61.9 Å². The van der Waals surface area contributed by atoms with Crippen molar-refractivity contribution in [3.05, 3.63) is 35.6 Å².